The average molecular weight is 430 g/mol. The number of carbonyl (C=O) groups is 1. The first-order valence-electron chi connectivity index (χ1n) is 10.4. The number of aromatic nitrogens is 1. The van der Waals surface area contributed by atoms with E-state index in [-0.39, 0.29) is 12.7 Å². The predicted molar refractivity (Wildman–Crippen MR) is 117 cm³/mol. The third-order valence-electron chi connectivity index (χ3n) is 4.83. The predicted octanol–water partition coefficient (Wildman–Crippen LogP) is 5.65. The molecular weight excluding hydrogens is 402 g/mol. The molecule has 0 spiro atoms. The van der Waals surface area contributed by atoms with Crippen molar-refractivity contribution in [2.75, 3.05) is 6.61 Å². The molecule has 0 saturated carbocycles. The van der Waals surface area contributed by atoms with Gasteiger partial charge in [0, 0.05) is 0 Å². The first kappa shape index (κ1) is 22.0. The number of benzene rings is 1. The lowest BCUT2D eigenvalue weighted by Crippen LogP contribution is -2.07. The van der Waals surface area contributed by atoms with Gasteiger partial charge in [0.15, 0.2) is 0 Å². The van der Waals surface area contributed by atoms with Crippen LogP contribution in [-0.2, 0) is 11.3 Å². The Morgan fingerprint density at radius 3 is 2.60 bits per heavy atom. The Morgan fingerprint density at radius 2 is 1.83 bits per heavy atom. The first-order chi connectivity index (χ1) is 14.6. The molecule has 0 amide bonds. The molecule has 1 aromatic carbocycles. The van der Waals surface area contributed by atoms with Gasteiger partial charge in [0.1, 0.15) is 21.7 Å². The van der Waals surface area contributed by atoms with Crippen LogP contribution < -0.4 is 10.4 Å². The zero-order valence-electron chi connectivity index (χ0n) is 17.4. The zero-order valence-corrected chi connectivity index (χ0v) is 18.3. The van der Waals surface area contributed by atoms with Gasteiger partial charge in [-0.3, -0.25) is 0 Å². The molecular formula is C23H27NO5S. The van der Waals surface area contributed by atoms with Gasteiger partial charge in [-0.15, -0.1) is 11.3 Å². The summed E-state index contributed by atoms with van der Waals surface area (Å²) in [5, 5.41) is 0.304. The fourth-order valence-electron chi connectivity index (χ4n) is 3.14. The van der Waals surface area contributed by atoms with E-state index in [9.17, 15) is 9.59 Å². The Labute approximate surface area is 179 Å². The fraction of sp³-hybridized carbons (Fsp3) is 0.435. The number of ether oxygens (including phenoxy) is 2. The normalized spacial score (nSPS) is 11.0. The van der Waals surface area contributed by atoms with Crippen molar-refractivity contribution in [3.05, 3.63) is 56.8 Å². The van der Waals surface area contributed by atoms with E-state index in [1.807, 2.05) is 30.3 Å². The maximum atomic E-state index is 12.5. The van der Waals surface area contributed by atoms with E-state index < -0.39 is 11.6 Å². The van der Waals surface area contributed by atoms with Gasteiger partial charge in [-0.2, -0.15) is 4.98 Å². The van der Waals surface area contributed by atoms with Gasteiger partial charge in [-0.05, 0) is 24.5 Å². The highest BCUT2D eigenvalue weighted by Gasteiger charge is 2.22. The molecule has 0 radical (unpaired) electrons. The lowest BCUT2D eigenvalue weighted by atomic mass is 10.1. The van der Waals surface area contributed by atoms with Crippen molar-refractivity contribution in [1.82, 2.24) is 4.98 Å². The highest BCUT2D eigenvalue weighted by Crippen LogP contribution is 2.29. The van der Waals surface area contributed by atoms with Crippen molar-refractivity contribution < 1.29 is 18.7 Å². The quantitative estimate of drug-likeness (QED) is 0.289. The van der Waals surface area contributed by atoms with Crippen LogP contribution in [0.1, 0.15) is 66.2 Å². The average Bonchev–Trinajstić information content (AvgIpc) is 3.09. The van der Waals surface area contributed by atoms with Crippen molar-refractivity contribution in [2.24, 2.45) is 0 Å². The highest BCUT2D eigenvalue weighted by atomic mass is 32.1. The van der Waals surface area contributed by atoms with Crippen LogP contribution in [0.5, 0.6) is 6.08 Å². The summed E-state index contributed by atoms with van der Waals surface area (Å²) in [6.45, 7) is 4.51. The summed E-state index contributed by atoms with van der Waals surface area (Å²) in [7, 11) is 0. The maximum Gasteiger partial charge on any atom is 0.397 e. The Morgan fingerprint density at radius 1 is 1.10 bits per heavy atom. The molecule has 0 aliphatic rings. The molecule has 6 nitrogen and oxygen atoms in total. The topological polar surface area (TPSA) is 78.6 Å². The van der Waals surface area contributed by atoms with E-state index in [0.29, 0.717) is 27.3 Å². The van der Waals surface area contributed by atoms with Gasteiger partial charge >= 0.3 is 17.7 Å². The van der Waals surface area contributed by atoms with Crippen molar-refractivity contribution in [3.63, 3.8) is 0 Å². The number of fused-ring (bicyclic) bond motifs is 1. The summed E-state index contributed by atoms with van der Waals surface area (Å²) in [6, 6.07) is 9.44. The Kier molecular flexibility index (Phi) is 8.02. The smallest absolute Gasteiger partial charge is 0.397 e. The van der Waals surface area contributed by atoms with E-state index in [0.717, 1.165) is 29.7 Å². The Balaban J connectivity index is 1.63. The number of hydrogen-bond acceptors (Lipinski definition) is 7. The van der Waals surface area contributed by atoms with Gasteiger partial charge in [0.05, 0.1) is 6.61 Å². The number of nitrogens with zero attached hydrogens (tertiary/aromatic N) is 1. The Hall–Kier alpha value is -2.67. The van der Waals surface area contributed by atoms with Crippen LogP contribution in [0, 0.1) is 6.92 Å². The van der Waals surface area contributed by atoms with Crippen LogP contribution in [0.3, 0.4) is 0 Å². The van der Waals surface area contributed by atoms with E-state index in [4.69, 9.17) is 13.9 Å². The van der Waals surface area contributed by atoms with Gasteiger partial charge in [-0.1, -0.05) is 69.4 Å². The van der Waals surface area contributed by atoms with Crippen molar-refractivity contribution in [3.8, 4) is 6.08 Å². The van der Waals surface area contributed by atoms with Crippen LogP contribution >= 0.6 is 11.3 Å². The third-order valence-corrected chi connectivity index (χ3v) is 5.99. The molecule has 0 aliphatic heterocycles. The van der Waals surface area contributed by atoms with Gasteiger partial charge in [0.2, 0.25) is 0 Å². The molecule has 0 saturated heterocycles. The van der Waals surface area contributed by atoms with E-state index in [2.05, 4.69) is 11.9 Å². The second kappa shape index (κ2) is 10.9. The lowest BCUT2D eigenvalue weighted by Gasteiger charge is -2.04. The molecule has 0 atom stereocenters. The molecule has 0 unspecified atom stereocenters. The third kappa shape index (κ3) is 5.69. The molecule has 0 fully saturated rings. The number of unbranched alkanes of at least 4 members (excludes halogenated alkanes) is 5. The monoisotopic (exact) mass is 429 g/mol. The first-order valence-corrected chi connectivity index (χ1v) is 11.2. The maximum absolute atomic E-state index is 12.5. The second-order valence-electron chi connectivity index (χ2n) is 7.18. The number of carbonyl (C=O) groups excluding carboxylic acids is 1. The SMILES string of the molecule is CCCCCCCCOc1nc2sc(C(=O)OCc3ccccc3)c(C)c2c(=O)o1. The van der Waals surface area contributed by atoms with Crippen LogP contribution in [0.25, 0.3) is 10.2 Å². The summed E-state index contributed by atoms with van der Waals surface area (Å²) in [4.78, 5) is 30.0. The number of thiophene rings is 1. The Bertz CT molecular complexity index is 1030. The molecule has 7 heteroatoms. The standard InChI is InChI=1S/C23H27NO5S/c1-3-4-5-6-7-11-14-27-23-24-20-18(21(25)29-23)16(2)19(30-20)22(26)28-15-17-12-9-8-10-13-17/h8-10,12-13H,3-7,11,14-15H2,1-2H3. The second-order valence-corrected chi connectivity index (χ2v) is 8.18. The van der Waals surface area contributed by atoms with Crippen LogP contribution in [0.4, 0.5) is 0 Å². The molecule has 30 heavy (non-hydrogen) atoms. The summed E-state index contributed by atoms with van der Waals surface area (Å²) in [6.07, 6.45) is 6.77. The minimum absolute atomic E-state index is 0.0495. The highest BCUT2D eigenvalue weighted by molar-refractivity contribution is 7.20. The largest absolute Gasteiger partial charge is 0.457 e. The molecule has 160 valence electrons. The van der Waals surface area contributed by atoms with Gasteiger partial charge in [0.25, 0.3) is 0 Å². The number of esters is 1. The van der Waals surface area contributed by atoms with Crippen molar-refractivity contribution in [1.29, 1.82) is 0 Å². The van der Waals surface area contributed by atoms with E-state index in [1.165, 1.54) is 25.7 Å². The van der Waals surface area contributed by atoms with Crippen LogP contribution in [0.15, 0.2) is 39.5 Å². The molecule has 0 aliphatic carbocycles. The summed E-state index contributed by atoms with van der Waals surface area (Å²) in [5.41, 5.74) is 0.873. The summed E-state index contributed by atoms with van der Waals surface area (Å²) in [5.74, 6) is -0.478. The van der Waals surface area contributed by atoms with Crippen LogP contribution in [0.2, 0.25) is 0 Å². The molecule has 2 aromatic heterocycles. The fourth-order valence-corrected chi connectivity index (χ4v) is 4.19. The molecule has 2 heterocycles. The van der Waals surface area contributed by atoms with Gasteiger partial charge in [-0.25, -0.2) is 9.59 Å². The minimum Gasteiger partial charge on any atom is -0.457 e. The molecule has 0 N–H and O–H groups in total. The number of rotatable bonds is 11. The van der Waals surface area contributed by atoms with Crippen molar-refractivity contribution >= 4 is 27.5 Å². The summed E-state index contributed by atoms with van der Waals surface area (Å²) >= 11 is 1.12. The molecule has 3 aromatic rings. The minimum atomic E-state index is -0.547. The van der Waals surface area contributed by atoms with Crippen molar-refractivity contribution in [2.45, 2.75) is 59.0 Å². The lowest BCUT2D eigenvalue weighted by molar-refractivity contribution is 0.0478. The van der Waals surface area contributed by atoms with E-state index in [1.54, 1.807) is 6.92 Å². The van der Waals surface area contributed by atoms with Gasteiger partial charge < -0.3 is 13.9 Å². The number of hydrogen-bond donors (Lipinski definition) is 0. The summed E-state index contributed by atoms with van der Waals surface area (Å²) < 4.78 is 16.1. The number of aryl methyl sites for hydroxylation is 1. The zero-order chi connectivity index (χ0) is 21.3. The van der Waals surface area contributed by atoms with Crippen LogP contribution in [-0.4, -0.2) is 17.6 Å². The molecule has 0 bridgehead atoms. The molecule has 3 rings (SSSR count). The van der Waals surface area contributed by atoms with E-state index >= 15 is 0 Å².